The minimum absolute atomic E-state index is 0.303. The van der Waals surface area contributed by atoms with Crippen LogP contribution >= 0.6 is 0 Å². The number of hydrogen-bond acceptors (Lipinski definition) is 3. The number of carboxylic acid groups (broad SMARTS) is 1. The third-order valence-electron chi connectivity index (χ3n) is 3.59. The Morgan fingerprint density at radius 3 is 2.32 bits per heavy atom. The summed E-state index contributed by atoms with van der Waals surface area (Å²) in [4.78, 5) is 25.1. The lowest BCUT2D eigenvalue weighted by atomic mass is 10.00. The zero-order valence-corrected chi connectivity index (χ0v) is 12.7. The molecule has 5 heteroatoms. The first kappa shape index (κ1) is 15.8. The molecule has 1 aliphatic heterocycles. The van der Waals surface area contributed by atoms with Gasteiger partial charge < -0.3 is 9.84 Å². The smallest absolute Gasteiger partial charge is 0.411 e. The molecule has 0 aromatic heterocycles. The fourth-order valence-corrected chi connectivity index (χ4v) is 2.53. The zero-order valence-electron chi connectivity index (χ0n) is 12.7. The van der Waals surface area contributed by atoms with Crippen LogP contribution in [0.5, 0.6) is 0 Å². The molecule has 1 fully saturated rings. The molecule has 0 aromatic carbocycles. The van der Waals surface area contributed by atoms with E-state index in [-0.39, 0.29) is 11.6 Å². The quantitative estimate of drug-likeness (QED) is 0.838. The van der Waals surface area contributed by atoms with E-state index in [2.05, 4.69) is 0 Å². The molecule has 5 nitrogen and oxygen atoms in total. The second-order valence-electron chi connectivity index (χ2n) is 6.90. The Hall–Kier alpha value is -1.26. The topological polar surface area (TPSA) is 66.8 Å². The molecule has 1 rings (SSSR count). The van der Waals surface area contributed by atoms with Crippen LogP contribution in [0.15, 0.2) is 0 Å². The molecule has 0 radical (unpaired) electrons. The van der Waals surface area contributed by atoms with Crippen molar-refractivity contribution in [3.63, 3.8) is 0 Å². The molecule has 0 saturated carbocycles. The minimum atomic E-state index is -0.878. The van der Waals surface area contributed by atoms with Crippen LogP contribution in [0.1, 0.15) is 54.4 Å². The number of likely N-dealkylation sites (tertiary alicyclic amines) is 1. The second kappa shape index (κ2) is 5.02. The van der Waals surface area contributed by atoms with Gasteiger partial charge in [-0.3, -0.25) is 9.69 Å². The second-order valence-corrected chi connectivity index (χ2v) is 6.90. The summed E-state index contributed by atoms with van der Waals surface area (Å²) in [5.41, 5.74) is -0.941. The van der Waals surface area contributed by atoms with E-state index in [1.165, 1.54) is 0 Å². The van der Waals surface area contributed by atoms with E-state index in [1.54, 1.807) is 11.8 Å². The summed E-state index contributed by atoms with van der Waals surface area (Å²) in [7, 11) is 0. The van der Waals surface area contributed by atoms with Crippen LogP contribution in [0.2, 0.25) is 0 Å². The van der Waals surface area contributed by atoms with Crippen LogP contribution in [0.4, 0.5) is 4.79 Å². The number of carboxylic acids is 1. The van der Waals surface area contributed by atoms with Gasteiger partial charge in [0.1, 0.15) is 5.60 Å². The highest BCUT2D eigenvalue weighted by Crippen LogP contribution is 2.37. The molecule has 19 heavy (non-hydrogen) atoms. The average molecular weight is 271 g/mol. The predicted molar refractivity (Wildman–Crippen MR) is 72.0 cm³/mol. The molecule has 1 saturated heterocycles. The standard InChI is InChI=1S/C14H25NO4/c1-9(11(16)17)10-7-8-14(5,6)15(10)12(18)19-13(2,3)4/h9-10H,7-8H2,1-6H3,(H,16,17)/t9-,10-/m0/s1. The van der Waals surface area contributed by atoms with Crippen molar-refractivity contribution in [2.24, 2.45) is 5.92 Å². The highest BCUT2D eigenvalue weighted by atomic mass is 16.6. The predicted octanol–water partition coefficient (Wildman–Crippen LogP) is 2.89. The molecule has 1 aliphatic rings. The third-order valence-corrected chi connectivity index (χ3v) is 3.59. The number of carbonyl (C=O) groups is 2. The molecule has 0 bridgehead atoms. The Balaban J connectivity index is 2.96. The molecular weight excluding hydrogens is 246 g/mol. The fraction of sp³-hybridized carbons (Fsp3) is 0.857. The van der Waals surface area contributed by atoms with E-state index in [0.29, 0.717) is 6.42 Å². The first-order chi connectivity index (χ1) is 8.46. The van der Waals surface area contributed by atoms with E-state index in [4.69, 9.17) is 9.84 Å². The summed E-state index contributed by atoms with van der Waals surface area (Å²) in [5, 5.41) is 9.17. The van der Waals surface area contributed by atoms with Crippen molar-refractivity contribution in [2.45, 2.75) is 71.6 Å². The summed E-state index contributed by atoms with van der Waals surface area (Å²) in [6.07, 6.45) is 1.06. The molecule has 0 aromatic rings. The fourth-order valence-electron chi connectivity index (χ4n) is 2.53. The first-order valence-electron chi connectivity index (χ1n) is 6.71. The molecule has 2 atom stereocenters. The first-order valence-corrected chi connectivity index (χ1v) is 6.71. The van der Waals surface area contributed by atoms with Crippen molar-refractivity contribution in [1.29, 1.82) is 0 Å². The van der Waals surface area contributed by atoms with Crippen molar-refractivity contribution in [3.05, 3.63) is 0 Å². The van der Waals surface area contributed by atoms with Gasteiger partial charge in [0.15, 0.2) is 0 Å². The van der Waals surface area contributed by atoms with Crippen LogP contribution in [-0.4, -0.2) is 39.3 Å². The van der Waals surface area contributed by atoms with Crippen molar-refractivity contribution >= 4 is 12.1 Å². The number of amides is 1. The minimum Gasteiger partial charge on any atom is -0.481 e. The van der Waals surface area contributed by atoms with Gasteiger partial charge in [-0.05, 0) is 54.4 Å². The van der Waals surface area contributed by atoms with Gasteiger partial charge in [0.25, 0.3) is 0 Å². The van der Waals surface area contributed by atoms with Crippen LogP contribution in [0, 0.1) is 5.92 Å². The van der Waals surface area contributed by atoms with Gasteiger partial charge in [0.2, 0.25) is 0 Å². The SMILES string of the molecule is C[C@H](C(=O)O)[C@@H]1CCC(C)(C)N1C(=O)OC(C)(C)C. The lowest BCUT2D eigenvalue weighted by molar-refractivity contribution is -0.143. The summed E-state index contributed by atoms with van der Waals surface area (Å²) < 4.78 is 5.41. The number of rotatable bonds is 2. The van der Waals surface area contributed by atoms with E-state index in [9.17, 15) is 9.59 Å². The lowest BCUT2D eigenvalue weighted by Gasteiger charge is -2.38. The molecule has 0 aliphatic carbocycles. The van der Waals surface area contributed by atoms with Crippen molar-refractivity contribution in [3.8, 4) is 0 Å². The maximum Gasteiger partial charge on any atom is 0.411 e. The maximum atomic E-state index is 12.3. The Morgan fingerprint density at radius 2 is 1.89 bits per heavy atom. The maximum absolute atomic E-state index is 12.3. The summed E-state index contributed by atoms with van der Waals surface area (Å²) in [6, 6.07) is -0.303. The summed E-state index contributed by atoms with van der Waals surface area (Å²) in [6.45, 7) is 11.0. The van der Waals surface area contributed by atoms with E-state index >= 15 is 0 Å². The molecule has 1 N–H and O–H groups in total. The molecular formula is C14H25NO4. The summed E-state index contributed by atoms with van der Waals surface area (Å²) in [5.74, 6) is -1.47. The third kappa shape index (κ3) is 3.61. The van der Waals surface area contributed by atoms with Gasteiger partial charge in [-0.2, -0.15) is 0 Å². The van der Waals surface area contributed by atoms with Gasteiger partial charge in [-0.15, -0.1) is 0 Å². The van der Waals surface area contributed by atoms with Crippen LogP contribution in [0.25, 0.3) is 0 Å². The van der Waals surface area contributed by atoms with Gasteiger partial charge in [0.05, 0.1) is 5.92 Å². The van der Waals surface area contributed by atoms with Gasteiger partial charge >= 0.3 is 12.1 Å². The van der Waals surface area contributed by atoms with Gasteiger partial charge in [-0.25, -0.2) is 4.79 Å². The number of aliphatic carboxylic acids is 1. The lowest BCUT2D eigenvalue weighted by Crippen LogP contribution is -2.51. The van der Waals surface area contributed by atoms with Crippen molar-refractivity contribution < 1.29 is 19.4 Å². The normalized spacial score (nSPS) is 24.1. The molecule has 110 valence electrons. The zero-order chi connectivity index (χ0) is 15.0. The molecule has 0 unspecified atom stereocenters. The van der Waals surface area contributed by atoms with Crippen LogP contribution < -0.4 is 0 Å². The highest BCUT2D eigenvalue weighted by molar-refractivity contribution is 5.74. The number of ether oxygens (including phenoxy) is 1. The van der Waals surface area contributed by atoms with E-state index < -0.39 is 23.6 Å². The average Bonchev–Trinajstić information content (AvgIpc) is 2.50. The monoisotopic (exact) mass is 271 g/mol. The molecule has 1 amide bonds. The van der Waals surface area contributed by atoms with Gasteiger partial charge in [0, 0.05) is 11.6 Å². The molecule has 1 heterocycles. The van der Waals surface area contributed by atoms with E-state index in [0.717, 1.165) is 6.42 Å². The van der Waals surface area contributed by atoms with Crippen LogP contribution in [-0.2, 0) is 9.53 Å². The number of hydrogen-bond donors (Lipinski definition) is 1. The van der Waals surface area contributed by atoms with Gasteiger partial charge in [-0.1, -0.05) is 0 Å². The van der Waals surface area contributed by atoms with Crippen molar-refractivity contribution in [2.75, 3.05) is 0 Å². The van der Waals surface area contributed by atoms with E-state index in [1.807, 2.05) is 34.6 Å². The Labute approximate surface area is 114 Å². The summed E-state index contributed by atoms with van der Waals surface area (Å²) >= 11 is 0. The Morgan fingerprint density at radius 1 is 1.37 bits per heavy atom. The highest BCUT2D eigenvalue weighted by Gasteiger charge is 2.47. The Bertz CT molecular complexity index is 370. The largest absolute Gasteiger partial charge is 0.481 e. The molecule has 0 spiro atoms. The van der Waals surface area contributed by atoms with Crippen LogP contribution in [0.3, 0.4) is 0 Å². The number of carbonyl (C=O) groups excluding carboxylic acids is 1. The van der Waals surface area contributed by atoms with Crippen molar-refractivity contribution in [1.82, 2.24) is 4.90 Å². The number of nitrogens with zero attached hydrogens (tertiary/aromatic N) is 1. The Kier molecular flexibility index (Phi) is 4.17.